The first kappa shape index (κ1) is 22.3. The number of nitrogens with zero attached hydrogens (tertiary/aromatic N) is 1. The monoisotopic (exact) mass is 472 g/mol. The summed E-state index contributed by atoms with van der Waals surface area (Å²) in [7, 11) is 1.62. The van der Waals surface area contributed by atoms with Gasteiger partial charge in [-0.25, -0.2) is 0 Å². The van der Waals surface area contributed by atoms with Crippen LogP contribution in [0.4, 0.5) is 0 Å². The number of methoxy groups -OCH3 is 1. The molecule has 2 aromatic carbocycles. The van der Waals surface area contributed by atoms with Gasteiger partial charge in [-0.1, -0.05) is 53.0 Å². The summed E-state index contributed by atoms with van der Waals surface area (Å²) >= 11 is 3.49. The van der Waals surface area contributed by atoms with Crippen LogP contribution >= 0.6 is 15.9 Å². The summed E-state index contributed by atoms with van der Waals surface area (Å²) in [6.07, 6.45) is 4.57. The zero-order chi connectivity index (χ0) is 21.5. The zero-order valence-electron chi connectivity index (χ0n) is 17.6. The average Bonchev–Trinajstić information content (AvgIpc) is 3.25. The molecule has 2 aromatic rings. The summed E-state index contributed by atoms with van der Waals surface area (Å²) < 4.78 is 6.14. The molecule has 0 heterocycles. The maximum atomic E-state index is 13.2. The molecule has 0 aliphatic heterocycles. The van der Waals surface area contributed by atoms with Crippen molar-refractivity contribution in [3.8, 4) is 5.75 Å². The molecule has 6 heteroatoms. The van der Waals surface area contributed by atoms with Crippen molar-refractivity contribution < 1.29 is 14.3 Å². The fourth-order valence-corrected chi connectivity index (χ4v) is 4.27. The lowest BCUT2D eigenvalue weighted by Gasteiger charge is -2.30. The molecular formula is C24H29BrN2O3. The van der Waals surface area contributed by atoms with Crippen LogP contribution in [0.15, 0.2) is 53.0 Å². The number of hydrogen-bond acceptors (Lipinski definition) is 3. The highest BCUT2D eigenvalue weighted by Crippen LogP contribution is 2.20. The lowest BCUT2D eigenvalue weighted by molar-refractivity contribution is -0.140. The highest BCUT2D eigenvalue weighted by molar-refractivity contribution is 9.10. The van der Waals surface area contributed by atoms with E-state index in [1.165, 1.54) is 0 Å². The van der Waals surface area contributed by atoms with E-state index in [1.807, 2.05) is 55.5 Å². The normalized spacial score (nSPS) is 14.9. The number of ether oxygens (including phenoxy) is 1. The molecule has 1 unspecified atom stereocenters. The van der Waals surface area contributed by atoms with E-state index < -0.39 is 6.04 Å². The fourth-order valence-electron chi connectivity index (χ4n) is 3.83. The van der Waals surface area contributed by atoms with Gasteiger partial charge in [-0.05, 0) is 55.2 Å². The first-order valence-corrected chi connectivity index (χ1v) is 11.2. The van der Waals surface area contributed by atoms with Crippen LogP contribution in [0.3, 0.4) is 0 Å². The Hall–Kier alpha value is -2.34. The van der Waals surface area contributed by atoms with Crippen molar-refractivity contribution >= 4 is 27.7 Å². The number of carbonyl (C=O) groups excluding carboxylic acids is 2. The fraction of sp³-hybridized carbons (Fsp3) is 0.417. The second-order valence-electron chi connectivity index (χ2n) is 7.84. The van der Waals surface area contributed by atoms with Gasteiger partial charge in [-0.15, -0.1) is 0 Å². The van der Waals surface area contributed by atoms with E-state index in [-0.39, 0.29) is 24.3 Å². The Morgan fingerprint density at radius 1 is 1.13 bits per heavy atom. The molecule has 0 saturated heterocycles. The van der Waals surface area contributed by atoms with E-state index in [0.717, 1.165) is 47.0 Å². The van der Waals surface area contributed by atoms with Gasteiger partial charge < -0.3 is 15.0 Å². The summed E-state index contributed by atoms with van der Waals surface area (Å²) in [5, 5.41) is 3.13. The molecule has 5 nitrogen and oxygen atoms in total. The first-order valence-electron chi connectivity index (χ1n) is 10.4. The van der Waals surface area contributed by atoms with E-state index in [0.29, 0.717) is 6.54 Å². The summed E-state index contributed by atoms with van der Waals surface area (Å²) in [6, 6.07) is 15.0. The van der Waals surface area contributed by atoms with E-state index >= 15 is 0 Å². The molecule has 1 saturated carbocycles. The topological polar surface area (TPSA) is 58.6 Å². The van der Waals surface area contributed by atoms with E-state index in [9.17, 15) is 9.59 Å². The minimum Gasteiger partial charge on any atom is -0.497 e. The maximum Gasteiger partial charge on any atom is 0.242 e. The van der Waals surface area contributed by atoms with Gasteiger partial charge in [0.1, 0.15) is 11.8 Å². The van der Waals surface area contributed by atoms with Gasteiger partial charge in [-0.3, -0.25) is 9.59 Å². The molecule has 3 rings (SSSR count). The second-order valence-corrected chi connectivity index (χ2v) is 8.76. The largest absolute Gasteiger partial charge is 0.497 e. The SMILES string of the molecule is COc1ccc(CC(=O)N(Cc2cccc(Br)c2)C(C)C(=O)NC2CCCC2)cc1. The Kier molecular flexibility index (Phi) is 7.91. The predicted molar refractivity (Wildman–Crippen MR) is 121 cm³/mol. The summed E-state index contributed by atoms with van der Waals surface area (Å²) in [4.78, 5) is 27.8. The molecule has 0 spiro atoms. The van der Waals surface area contributed by atoms with Gasteiger partial charge in [0.25, 0.3) is 0 Å². The Morgan fingerprint density at radius 3 is 2.47 bits per heavy atom. The van der Waals surface area contributed by atoms with Gasteiger partial charge >= 0.3 is 0 Å². The van der Waals surface area contributed by atoms with Gasteiger partial charge in [0.2, 0.25) is 11.8 Å². The highest BCUT2D eigenvalue weighted by atomic mass is 79.9. The third-order valence-corrected chi connectivity index (χ3v) is 6.12. The molecule has 30 heavy (non-hydrogen) atoms. The minimum atomic E-state index is -0.546. The van der Waals surface area contributed by atoms with Crippen molar-refractivity contribution in [1.29, 1.82) is 0 Å². The Bertz CT molecular complexity index is 863. The van der Waals surface area contributed by atoms with Crippen molar-refractivity contribution in [1.82, 2.24) is 10.2 Å². The predicted octanol–water partition coefficient (Wildman–Crippen LogP) is 4.48. The zero-order valence-corrected chi connectivity index (χ0v) is 19.2. The standard InChI is InChI=1S/C24H29BrN2O3/c1-17(24(29)26-21-8-3-4-9-21)27(16-19-6-5-7-20(25)14-19)23(28)15-18-10-12-22(30-2)13-11-18/h5-7,10-14,17,21H,3-4,8-9,15-16H2,1-2H3,(H,26,29). The molecule has 1 fully saturated rings. The van der Waals surface area contributed by atoms with Gasteiger partial charge in [0.15, 0.2) is 0 Å². The molecular weight excluding hydrogens is 444 g/mol. The smallest absolute Gasteiger partial charge is 0.242 e. The maximum absolute atomic E-state index is 13.2. The molecule has 0 aromatic heterocycles. The molecule has 160 valence electrons. The summed E-state index contributed by atoms with van der Waals surface area (Å²) in [5.41, 5.74) is 1.87. The molecule has 0 radical (unpaired) electrons. The Labute approximate surface area is 186 Å². The number of carbonyl (C=O) groups is 2. The number of nitrogens with one attached hydrogen (secondary N) is 1. The average molecular weight is 473 g/mol. The number of amides is 2. The van der Waals surface area contributed by atoms with Crippen LogP contribution in [0.1, 0.15) is 43.7 Å². The van der Waals surface area contributed by atoms with Crippen molar-refractivity contribution in [2.45, 2.75) is 57.7 Å². The molecule has 1 N–H and O–H groups in total. The van der Waals surface area contributed by atoms with Crippen LogP contribution in [0, 0.1) is 0 Å². The van der Waals surface area contributed by atoms with Crippen molar-refractivity contribution in [2.75, 3.05) is 7.11 Å². The van der Waals surface area contributed by atoms with Gasteiger partial charge in [-0.2, -0.15) is 0 Å². The number of rotatable bonds is 8. The molecule has 1 aliphatic carbocycles. The molecule has 2 amide bonds. The van der Waals surface area contributed by atoms with E-state index in [4.69, 9.17) is 4.74 Å². The summed E-state index contributed by atoms with van der Waals surface area (Å²) in [5.74, 6) is 0.593. The van der Waals surface area contributed by atoms with Crippen molar-refractivity contribution in [3.63, 3.8) is 0 Å². The Morgan fingerprint density at radius 2 is 1.83 bits per heavy atom. The van der Waals surface area contributed by atoms with Crippen LogP contribution in [-0.4, -0.2) is 35.9 Å². The van der Waals surface area contributed by atoms with Crippen molar-refractivity contribution in [3.05, 3.63) is 64.1 Å². The first-order chi connectivity index (χ1) is 14.5. The van der Waals surface area contributed by atoms with Gasteiger partial charge in [0, 0.05) is 17.1 Å². The minimum absolute atomic E-state index is 0.0748. The summed E-state index contributed by atoms with van der Waals surface area (Å²) in [6.45, 7) is 2.20. The molecule has 1 atom stereocenters. The van der Waals surface area contributed by atoms with Crippen LogP contribution in [0.25, 0.3) is 0 Å². The van der Waals surface area contributed by atoms with Crippen LogP contribution < -0.4 is 10.1 Å². The van der Waals surface area contributed by atoms with Crippen LogP contribution in [0.5, 0.6) is 5.75 Å². The number of halogens is 1. The Balaban J connectivity index is 1.75. The molecule has 0 bridgehead atoms. The molecule has 1 aliphatic rings. The number of benzene rings is 2. The van der Waals surface area contributed by atoms with E-state index in [1.54, 1.807) is 12.0 Å². The quantitative estimate of drug-likeness (QED) is 0.616. The lowest BCUT2D eigenvalue weighted by atomic mass is 10.1. The second kappa shape index (κ2) is 10.6. The van der Waals surface area contributed by atoms with Crippen molar-refractivity contribution in [2.24, 2.45) is 0 Å². The lowest BCUT2D eigenvalue weighted by Crippen LogP contribution is -2.50. The highest BCUT2D eigenvalue weighted by Gasteiger charge is 2.28. The van der Waals surface area contributed by atoms with Gasteiger partial charge in [0.05, 0.1) is 13.5 Å². The van der Waals surface area contributed by atoms with Crippen LogP contribution in [-0.2, 0) is 22.6 Å². The third-order valence-electron chi connectivity index (χ3n) is 5.63. The van der Waals surface area contributed by atoms with Crippen LogP contribution in [0.2, 0.25) is 0 Å². The third kappa shape index (κ3) is 6.08. The van der Waals surface area contributed by atoms with E-state index in [2.05, 4.69) is 21.2 Å². The number of hydrogen-bond donors (Lipinski definition) is 1.